The van der Waals surface area contributed by atoms with E-state index in [9.17, 15) is 4.79 Å². The molecular formula is C9H15NO2. The van der Waals surface area contributed by atoms with E-state index < -0.39 is 6.09 Å². The summed E-state index contributed by atoms with van der Waals surface area (Å²) in [6.45, 7) is 0.769. The van der Waals surface area contributed by atoms with Crippen molar-refractivity contribution < 1.29 is 9.90 Å². The van der Waals surface area contributed by atoms with Gasteiger partial charge in [0.15, 0.2) is 0 Å². The zero-order chi connectivity index (χ0) is 8.55. The van der Waals surface area contributed by atoms with Crippen molar-refractivity contribution in [3.05, 3.63) is 0 Å². The lowest BCUT2D eigenvalue weighted by Crippen LogP contribution is -2.38. The van der Waals surface area contributed by atoms with Crippen molar-refractivity contribution in [2.24, 2.45) is 5.92 Å². The molecule has 0 spiro atoms. The van der Waals surface area contributed by atoms with Gasteiger partial charge in [0.25, 0.3) is 0 Å². The van der Waals surface area contributed by atoms with Gasteiger partial charge in [-0.1, -0.05) is 12.8 Å². The number of rotatable bonds is 0. The molecule has 2 aliphatic rings. The average Bonchev–Trinajstić information content (AvgIpc) is 2.47. The minimum atomic E-state index is -0.718. The molecule has 1 saturated heterocycles. The van der Waals surface area contributed by atoms with Crippen LogP contribution in [0.25, 0.3) is 0 Å². The Labute approximate surface area is 72.4 Å². The first-order chi connectivity index (χ1) is 5.79. The van der Waals surface area contributed by atoms with Crippen molar-refractivity contribution >= 4 is 6.09 Å². The Morgan fingerprint density at radius 1 is 1.25 bits per heavy atom. The molecule has 1 saturated carbocycles. The Morgan fingerprint density at radius 3 is 2.75 bits per heavy atom. The number of nitrogens with zero attached hydrogens (tertiary/aromatic N) is 1. The molecular weight excluding hydrogens is 154 g/mol. The van der Waals surface area contributed by atoms with Crippen molar-refractivity contribution in [1.29, 1.82) is 0 Å². The van der Waals surface area contributed by atoms with Crippen molar-refractivity contribution in [2.75, 3.05) is 6.54 Å². The van der Waals surface area contributed by atoms with Crippen LogP contribution in [0.3, 0.4) is 0 Å². The van der Waals surface area contributed by atoms with Crippen LogP contribution in [-0.2, 0) is 0 Å². The summed E-state index contributed by atoms with van der Waals surface area (Å²) in [6, 6.07) is 0.358. The predicted molar refractivity (Wildman–Crippen MR) is 45.1 cm³/mol. The van der Waals surface area contributed by atoms with E-state index in [1.807, 2.05) is 0 Å². The van der Waals surface area contributed by atoms with Gasteiger partial charge in [0.1, 0.15) is 0 Å². The molecule has 0 aromatic carbocycles. The maximum atomic E-state index is 10.8. The standard InChI is InChI=1S/C9H15NO2/c11-9(12)10-6-5-7-3-1-2-4-8(7)10/h7-8H,1-6H2,(H,11,12). The summed E-state index contributed by atoms with van der Waals surface area (Å²) in [5.41, 5.74) is 0. The molecule has 1 amide bonds. The number of hydrogen-bond donors (Lipinski definition) is 1. The molecule has 1 N–H and O–H groups in total. The number of carboxylic acid groups (broad SMARTS) is 1. The summed E-state index contributed by atoms with van der Waals surface area (Å²) in [5.74, 6) is 0.676. The molecule has 1 aliphatic carbocycles. The average molecular weight is 169 g/mol. The zero-order valence-electron chi connectivity index (χ0n) is 7.20. The highest BCUT2D eigenvalue weighted by Crippen LogP contribution is 2.35. The van der Waals surface area contributed by atoms with Gasteiger partial charge in [-0.05, 0) is 25.2 Å². The third-order valence-corrected chi connectivity index (χ3v) is 3.26. The highest BCUT2D eigenvalue weighted by Gasteiger charge is 2.37. The third kappa shape index (κ3) is 1.17. The van der Waals surface area contributed by atoms with E-state index in [1.54, 1.807) is 4.90 Å². The van der Waals surface area contributed by atoms with E-state index in [1.165, 1.54) is 19.3 Å². The fourth-order valence-electron chi connectivity index (χ4n) is 2.64. The van der Waals surface area contributed by atoms with Crippen molar-refractivity contribution in [2.45, 2.75) is 38.1 Å². The lowest BCUT2D eigenvalue weighted by Gasteiger charge is -2.29. The van der Waals surface area contributed by atoms with E-state index in [4.69, 9.17) is 5.11 Å². The van der Waals surface area contributed by atoms with Crippen LogP contribution in [0.2, 0.25) is 0 Å². The molecule has 2 rings (SSSR count). The molecule has 2 fully saturated rings. The number of likely N-dealkylation sites (tertiary alicyclic amines) is 1. The van der Waals surface area contributed by atoms with Crippen LogP contribution in [0.1, 0.15) is 32.1 Å². The van der Waals surface area contributed by atoms with Crippen molar-refractivity contribution in [1.82, 2.24) is 4.90 Å². The van der Waals surface area contributed by atoms with Gasteiger partial charge in [-0.2, -0.15) is 0 Å². The predicted octanol–water partition coefficient (Wildman–Crippen LogP) is 1.93. The Kier molecular flexibility index (Phi) is 1.95. The minimum Gasteiger partial charge on any atom is -0.465 e. The lowest BCUT2D eigenvalue weighted by molar-refractivity contribution is 0.124. The molecule has 3 heteroatoms. The van der Waals surface area contributed by atoms with E-state index >= 15 is 0 Å². The monoisotopic (exact) mass is 169 g/mol. The summed E-state index contributed by atoms with van der Waals surface area (Å²) in [7, 11) is 0. The van der Waals surface area contributed by atoms with Crippen LogP contribution < -0.4 is 0 Å². The molecule has 0 aromatic rings. The molecule has 12 heavy (non-hydrogen) atoms. The number of carbonyl (C=O) groups is 1. The molecule has 1 heterocycles. The van der Waals surface area contributed by atoms with Gasteiger partial charge in [0.05, 0.1) is 0 Å². The normalized spacial score (nSPS) is 34.8. The maximum Gasteiger partial charge on any atom is 0.407 e. The first-order valence-corrected chi connectivity index (χ1v) is 4.78. The molecule has 0 bridgehead atoms. The number of fused-ring (bicyclic) bond motifs is 1. The van der Waals surface area contributed by atoms with Crippen LogP contribution in [0, 0.1) is 5.92 Å². The topological polar surface area (TPSA) is 40.5 Å². The van der Waals surface area contributed by atoms with Crippen molar-refractivity contribution in [3.63, 3.8) is 0 Å². The van der Waals surface area contributed by atoms with Gasteiger partial charge >= 0.3 is 6.09 Å². The van der Waals surface area contributed by atoms with Gasteiger partial charge in [-0.3, -0.25) is 0 Å². The van der Waals surface area contributed by atoms with Gasteiger partial charge in [0.2, 0.25) is 0 Å². The van der Waals surface area contributed by atoms with Crippen LogP contribution in [0.4, 0.5) is 4.79 Å². The van der Waals surface area contributed by atoms with Gasteiger partial charge < -0.3 is 10.0 Å². The van der Waals surface area contributed by atoms with Crippen LogP contribution >= 0.6 is 0 Å². The summed E-state index contributed by atoms with van der Waals surface area (Å²) < 4.78 is 0. The maximum absolute atomic E-state index is 10.8. The molecule has 0 radical (unpaired) electrons. The van der Waals surface area contributed by atoms with E-state index in [2.05, 4.69) is 0 Å². The van der Waals surface area contributed by atoms with E-state index in [0.717, 1.165) is 19.4 Å². The summed E-state index contributed by atoms with van der Waals surface area (Å²) >= 11 is 0. The summed E-state index contributed by atoms with van der Waals surface area (Å²) in [4.78, 5) is 12.4. The van der Waals surface area contributed by atoms with Crippen LogP contribution in [0.5, 0.6) is 0 Å². The van der Waals surface area contributed by atoms with E-state index in [-0.39, 0.29) is 0 Å². The highest BCUT2D eigenvalue weighted by atomic mass is 16.4. The molecule has 2 unspecified atom stereocenters. The van der Waals surface area contributed by atoms with Crippen LogP contribution in [0.15, 0.2) is 0 Å². The van der Waals surface area contributed by atoms with E-state index in [0.29, 0.717) is 12.0 Å². The quantitative estimate of drug-likeness (QED) is 0.602. The fraction of sp³-hybridized carbons (Fsp3) is 0.889. The summed E-state index contributed by atoms with van der Waals surface area (Å²) in [5, 5.41) is 8.88. The second kappa shape index (κ2) is 2.96. The lowest BCUT2D eigenvalue weighted by atomic mass is 9.85. The Bertz CT molecular complexity index is 193. The first kappa shape index (κ1) is 7.90. The fourth-order valence-corrected chi connectivity index (χ4v) is 2.64. The van der Waals surface area contributed by atoms with Crippen LogP contribution in [-0.4, -0.2) is 28.7 Å². The molecule has 0 aromatic heterocycles. The SMILES string of the molecule is O=C(O)N1CCC2CCCCC21. The smallest absolute Gasteiger partial charge is 0.407 e. The van der Waals surface area contributed by atoms with Gasteiger partial charge in [0, 0.05) is 12.6 Å². The molecule has 3 nitrogen and oxygen atoms in total. The summed E-state index contributed by atoms with van der Waals surface area (Å²) in [6.07, 6.45) is 5.23. The molecule has 2 atom stereocenters. The third-order valence-electron chi connectivity index (χ3n) is 3.26. The highest BCUT2D eigenvalue weighted by molar-refractivity contribution is 5.65. The Morgan fingerprint density at radius 2 is 2.00 bits per heavy atom. The second-order valence-electron chi connectivity index (χ2n) is 3.88. The van der Waals surface area contributed by atoms with Gasteiger partial charge in [-0.15, -0.1) is 0 Å². The minimum absolute atomic E-state index is 0.358. The molecule has 1 aliphatic heterocycles. The van der Waals surface area contributed by atoms with Gasteiger partial charge in [-0.25, -0.2) is 4.79 Å². The Hall–Kier alpha value is -0.730. The zero-order valence-corrected chi connectivity index (χ0v) is 7.20. The number of hydrogen-bond acceptors (Lipinski definition) is 1. The molecule has 68 valence electrons. The first-order valence-electron chi connectivity index (χ1n) is 4.78. The second-order valence-corrected chi connectivity index (χ2v) is 3.88. The number of amides is 1. The van der Waals surface area contributed by atoms with Crippen molar-refractivity contribution in [3.8, 4) is 0 Å². The largest absolute Gasteiger partial charge is 0.465 e. The Balaban J connectivity index is 2.05.